The van der Waals surface area contributed by atoms with Crippen LogP contribution in [-0.4, -0.2) is 11.5 Å². The molecule has 1 amide bonds. The third kappa shape index (κ3) is 6.22. The van der Waals surface area contributed by atoms with Gasteiger partial charge in [0, 0.05) is 11.6 Å². The van der Waals surface area contributed by atoms with E-state index >= 15 is 0 Å². The molecule has 3 aromatic rings. The van der Waals surface area contributed by atoms with Crippen LogP contribution < -0.4 is 14.8 Å². The average Bonchev–Trinajstić information content (AvgIpc) is 2.74. The first-order valence-electron chi connectivity index (χ1n) is 9.51. The van der Waals surface area contributed by atoms with Crippen LogP contribution in [0.1, 0.15) is 25.0 Å². The molecule has 0 radical (unpaired) electrons. The number of hydrogen-bond acceptors (Lipinski definition) is 3. The van der Waals surface area contributed by atoms with Crippen molar-refractivity contribution < 1.29 is 18.7 Å². The second-order valence-electron chi connectivity index (χ2n) is 7.31. The van der Waals surface area contributed by atoms with E-state index in [-0.39, 0.29) is 11.7 Å². The van der Waals surface area contributed by atoms with Crippen LogP contribution >= 0.6 is 11.6 Å². The summed E-state index contributed by atoms with van der Waals surface area (Å²) >= 11 is 5.87. The lowest BCUT2D eigenvalue weighted by Crippen LogP contribution is -2.46. The van der Waals surface area contributed by atoms with Gasteiger partial charge < -0.3 is 14.8 Å². The van der Waals surface area contributed by atoms with E-state index in [4.69, 9.17) is 21.1 Å². The molecule has 30 heavy (non-hydrogen) atoms. The summed E-state index contributed by atoms with van der Waals surface area (Å²) in [7, 11) is 0. The van der Waals surface area contributed by atoms with E-state index in [1.54, 1.807) is 50.2 Å². The van der Waals surface area contributed by atoms with E-state index in [9.17, 15) is 9.18 Å². The van der Waals surface area contributed by atoms with Gasteiger partial charge in [0.25, 0.3) is 5.91 Å². The van der Waals surface area contributed by atoms with Crippen LogP contribution in [0.2, 0.25) is 5.02 Å². The van der Waals surface area contributed by atoms with Gasteiger partial charge in [-0.1, -0.05) is 35.9 Å². The first-order chi connectivity index (χ1) is 14.3. The Hall–Kier alpha value is -3.05. The predicted molar refractivity (Wildman–Crippen MR) is 115 cm³/mol. The molecular weight excluding hydrogens is 405 g/mol. The number of hydrogen-bond donors (Lipinski definition) is 1. The molecule has 0 bridgehead atoms. The zero-order chi connectivity index (χ0) is 21.6. The second kappa shape index (κ2) is 9.63. The van der Waals surface area contributed by atoms with E-state index in [1.807, 2.05) is 24.3 Å². The monoisotopic (exact) mass is 427 g/mol. The summed E-state index contributed by atoms with van der Waals surface area (Å²) in [6, 6.07) is 20.5. The summed E-state index contributed by atoms with van der Waals surface area (Å²) in [5, 5.41) is 3.49. The number of benzene rings is 3. The SMILES string of the molecule is CC(C)(Oc1ccc(Cl)cc1)C(=O)NCc1ccc(OCc2ccc(F)cc2)cc1. The lowest BCUT2D eigenvalue weighted by molar-refractivity contribution is -0.134. The van der Waals surface area contributed by atoms with Crippen LogP contribution in [0, 0.1) is 5.82 Å². The van der Waals surface area contributed by atoms with Gasteiger partial charge in [0.05, 0.1) is 0 Å². The maximum Gasteiger partial charge on any atom is 0.263 e. The molecule has 4 nitrogen and oxygen atoms in total. The van der Waals surface area contributed by atoms with Crippen LogP contribution in [-0.2, 0) is 17.9 Å². The number of carbonyl (C=O) groups excluding carboxylic acids is 1. The number of amides is 1. The van der Waals surface area contributed by atoms with Crippen molar-refractivity contribution in [3.63, 3.8) is 0 Å². The quantitative estimate of drug-likeness (QED) is 0.514. The maximum atomic E-state index is 12.9. The van der Waals surface area contributed by atoms with E-state index in [1.165, 1.54) is 12.1 Å². The number of nitrogens with one attached hydrogen (secondary N) is 1. The predicted octanol–water partition coefficient (Wildman–Crippen LogP) is 5.53. The Morgan fingerprint density at radius 3 is 2.10 bits per heavy atom. The van der Waals surface area contributed by atoms with Crippen LogP contribution in [0.3, 0.4) is 0 Å². The Labute approximate surface area is 180 Å². The minimum atomic E-state index is -1.04. The Kier molecular flexibility index (Phi) is 6.95. The van der Waals surface area contributed by atoms with Gasteiger partial charge in [0.15, 0.2) is 5.60 Å². The van der Waals surface area contributed by atoms with Crippen LogP contribution in [0.4, 0.5) is 4.39 Å². The zero-order valence-electron chi connectivity index (χ0n) is 16.8. The summed E-state index contributed by atoms with van der Waals surface area (Å²) in [5.41, 5.74) is 0.780. The van der Waals surface area contributed by atoms with E-state index in [0.717, 1.165) is 11.1 Å². The van der Waals surface area contributed by atoms with Gasteiger partial charge in [-0.05, 0) is 73.5 Å². The van der Waals surface area contributed by atoms with Crippen molar-refractivity contribution in [1.29, 1.82) is 0 Å². The molecule has 0 heterocycles. The fourth-order valence-electron chi connectivity index (χ4n) is 2.69. The molecule has 0 spiro atoms. The Bertz CT molecular complexity index is 971. The molecule has 0 fully saturated rings. The third-order valence-corrected chi connectivity index (χ3v) is 4.68. The highest BCUT2D eigenvalue weighted by Crippen LogP contribution is 2.21. The molecule has 3 aromatic carbocycles. The minimum Gasteiger partial charge on any atom is -0.489 e. The zero-order valence-corrected chi connectivity index (χ0v) is 17.6. The smallest absolute Gasteiger partial charge is 0.263 e. The molecule has 0 atom stereocenters. The summed E-state index contributed by atoms with van der Waals surface area (Å²) in [4.78, 5) is 12.5. The number of rotatable bonds is 8. The molecule has 0 aliphatic carbocycles. The van der Waals surface area contributed by atoms with Crippen molar-refractivity contribution >= 4 is 17.5 Å². The Morgan fingerprint density at radius 2 is 1.47 bits per heavy atom. The fourth-order valence-corrected chi connectivity index (χ4v) is 2.82. The van der Waals surface area contributed by atoms with Gasteiger partial charge in [-0.15, -0.1) is 0 Å². The third-order valence-electron chi connectivity index (χ3n) is 4.43. The van der Waals surface area contributed by atoms with Crippen LogP contribution in [0.15, 0.2) is 72.8 Å². The molecular formula is C24H23ClFNO3. The summed E-state index contributed by atoms with van der Waals surface area (Å²) in [5.74, 6) is 0.768. The number of halogens is 2. The van der Waals surface area contributed by atoms with Gasteiger partial charge >= 0.3 is 0 Å². The molecule has 0 aliphatic heterocycles. The van der Waals surface area contributed by atoms with Crippen molar-refractivity contribution in [3.8, 4) is 11.5 Å². The highest BCUT2D eigenvalue weighted by Gasteiger charge is 2.29. The van der Waals surface area contributed by atoms with Crippen molar-refractivity contribution in [3.05, 3.63) is 94.8 Å². The fraction of sp³-hybridized carbons (Fsp3) is 0.208. The molecule has 1 N–H and O–H groups in total. The van der Waals surface area contributed by atoms with E-state index in [0.29, 0.717) is 29.7 Å². The summed E-state index contributed by atoms with van der Waals surface area (Å²) in [6.45, 7) is 4.14. The van der Waals surface area contributed by atoms with Gasteiger partial charge in [-0.25, -0.2) is 4.39 Å². The molecule has 0 saturated heterocycles. The van der Waals surface area contributed by atoms with Gasteiger partial charge in [0.2, 0.25) is 0 Å². The maximum absolute atomic E-state index is 12.9. The Morgan fingerprint density at radius 1 is 0.900 bits per heavy atom. The molecule has 156 valence electrons. The highest BCUT2D eigenvalue weighted by molar-refractivity contribution is 6.30. The molecule has 0 aromatic heterocycles. The standard InChI is InChI=1S/C24H23ClFNO3/c1-24(2,30-22-13-7-19(25)8-14-22)23(28)27-15-17-5-11-21(12-6-17)29-16-18-3-9-20(26)10-4-18/h3-14H,15-16H2,1-2H3,(H,27,28). The first-order valence-corrected chi connectivity index (χ1v) is 9.89. The van der Waals surface area contributed by atoms with E-state index < -0.39 is 5.60 Å². The molecule has 3 rings (SSSR count). The van der Waals surface area contributed by atoms with Crippen molar-refractivity contribution in [2.45, 2.75) is 32.6 Å². The lowest BCUT2D eigenvalue weighted by atomic mass is 10.1. The van der Waals surface area contributed by atoms with Crippen molar-refractivity contribution in [2.24, 2.45) is 0 Å². The first kappa shape index (κ1) is 21.7. The van der Waals surface area contributed by atoms with Crippen molar-refractivity contribution in [2.75, 3.05) is 0 Å². The lowest BCUT2D eigenvalue weighted by Gasteiger charge is -2.25. The van der Waals surface area contributed by atoms with Gasteiger partial charge in [-0.3, -0.25) is 4.79 Å². The number of ether oxygens (including phenoxy) is 2. The van der Waals surface area contributed by atoms with Gasteiger partial charge in [-0.2, -0.15) is 0 Å². The van der Waals surface area contributed by atoms with Crippen LogP contribution in [0.5, 0.6) is 11.5 Å². The molecule has 0 unspecified atom stereocenters. The highest BCUT2D eigenvalue weighted by atomic mass is 35.5. The summed E-state index contributed by atoms with van der Waals surface area (Å²) < 4.78 is 24.4. The van der Waals surface area contributed by atoms with E-state index in [2.05, 4.69) is 5.32 Å². The second-order valence-corrected chi connectivity index (χ2v) is 7.74. The average molecular weight is 428 g/mol. The Balaban J connectivity index is 1.49. The molecule has 0 aliphatic rings. The van der Waals surface area contributed by atoms with Gasteiger partial charge in [0.1, 0.15) is 23.9 Å². The largest absolute Gasteiger partial charge is 0.489 e. The normalized spacial score (nSPS) is 11.1. The topological polar surface area (TPSA) is 47.6 Å². The molecule has 0 saturated carbocycles. The van der Waals surface area contributed by atoms with Crippen LogP contribution in [0.25, 0.3) is 0 Å². The minimum absolute atomic E-state index is 0.228. The summed E-state index contributed by atoms with van der Waals surface area (Å²) in [6.07, 6.45) is 0. The van der Waals surface area contributed by atoms with Crippen molar-refractivity contribution in [1.82, 2.24) is 5.32 Å². The number of carbonyl (C=O) groups is 1. The molecule has 6 heteroatoms.